The van der Waals surface area contributed by atoms with Gasteiger partial charge in [0.2, 0.25) is 0 Å². The van der Waals surface area contributed by atoms with E-state index in [4.69, 9.17) is 0 Å². The fourth-order valence-corrected chi connectivity index (χ4v) is 1.54. The van der Waals surface area contributed by atoms with Gasteiger partial charge in [-0.15, -0.1) is 23.7 Å². The summed E-state index contributed by atoms with van der Waals surface area (Å²) in [5.74, 6) is 0. The summed E-state index contributed by atoms with van der Waals surface area (Å²) in [6, 6.07) is 4.24. The minimum absolute atomic E-state index is 0. The van der Waals surface area contributed by atoms with Crippen LogP contribution in [-0.2, 0) is 6.54 Å². The molecule has 0 fully saturated rings. The quantitative estimate of drug-likeness (QED) is 0.670. The average molecular weight is 178 g/mol. The van der Waals surface area contributed by atoms with Gasteiger partial charge < -0.3 is 4.90 Å². The molecule has 0 N–H and O–H groups in total. The molecule has 0 saturated carbocycles. The molecule has 10 heavy (non-hydrogen) atoms. The molecule has 1 heterocycles. The Labute approximate surface area is 72.1 Å². The highest BCUT2D eigenvalue weighted by molar-refractivity contribution is 7.09. The predicted molar refractivity (Wildman–Crippen MR) is 49.0 cm³/mol. The number of halogens is 1. The van der Waals surface area contributed by atoms with Gasteiger partial charge in [0.1, 0.15) is 0 Å². The molecule has 0 radical (unpaired) electrons. The highest BCUT2D eigenvalue weighted by Gasteiger charge is 1.92. The van der Waals surface area contributed by atoms with E-state index in [9.17, 15) is 0 Å². The van der Waals surface area contributed by atoms with Gasteiger partial charge in [-0.2, -0.15) is 0 Å². The van der Waals surface area contributed by atoms with Crippen molar-refractivity contribution in [1.29, 1.82) is 0 Å². The van der Waals surface area contributed by atoms with Crippen molar-refractivity contribution in [2.24, 2.45) is 0 Å². The van der Waals surface area contributed by atoms with Gasteiger partial charge in [0.25, 0.3) is 0 Å². The zero-order valence-corrected chi connectivity index (χ0v) is 7.84. The fourth-order valence-electron chi connectivity index (χ4n) is 0.714. The highest BCUT2D eigenvalue weighted by Crippen LogP contribution is 2.09. The van der Waals surface area contributed by atoms with Crippen molar-refractivity contribution in [2.45, 2.75) is 6.54 Å². The monoisotopic (exact) mass is 177 g/mol. The lowest BCUT2D eigenvalue weighted by atomic mass is 10.4. The van der Waals surface area contributed by atoms with Crippen LogP contribution >= 0.6 is 23.7 Å². The predicted octanol–water partition coefficient (Wildman–Crippen LogP) is 2.23. The molecule has 0 amide bonds. The average Bonchev–Trinajstić information content (AvgIpc) is 2.15. The van der Waals surface area contributed by atoms with Crippen molar-refractivity contribution >= 4 is 23.7 Å². The summed E-state index contributed by atoms with van der Waals surface area (Å²) >= 11 is 1.81. The van der Waals surface area contributed by atoms with E-state index in [-0.39, 0.29) is 12.4 Å². The van der Waals surface area contributed by atoms with Crippen LogP contribution in [0.25, 0.3) is 0 Å². The lowest BCUT2D eigenvalue weighted by Gasteiger charge is -2.05. The molecule has 0 aromatic carbocycles. The Morgan fingerprint density at radius 2 is 2.20 bits per heavy atom. The lowest BCUT2D eigenvalue weighted by molar-refractivity contribution is 0.406. The molecule has 0 aliphatic rings. The normalized spacial score (nSPS) is 9.50. The number of hydrogen-bond donors (Lipinski definition) is 0. The lowest BCUT2D eigenvalue weighted by Crippen LogP contribution is -2.08. The van der Waals surface area contributed by atoms with Crippen LogP contribution in [0.5, 0.6) is 0 Å². The second-order valence-corrected chi connectivity index (χ2v) is 3.35. The third-order valence-electron chi connectivity index (χ3n) is 1.05. The Balaban J connectivity index is 0.000000810. The summed E-state index contributed by atoms with van der Waals surface area (Å²) in [5.41, 5.74) is 0. The maximum Gasteiger partial charge on any atom is 0.0321 e. The smallest absolute Gasteiger partial charge is 0.0321 e. The molecule has 1 rings (SSSR count). The van der Waals surface area contributed by atoms with E-state index in [0.717, 1.165) is 6.54 Å². The summed E-state index contributed by atoms with van der Waals surface area (Å²) in [6.07, 6.45) is 0. The fraction of sp³-hybridized carbons (Fsp3) is 0.429. The van der Waals surface area contributed by atoms with Gasteiger partial charge in [0.15, 0.2) is 0 Å². The van der Waals surface area contributed by atoms with Crippen LogP contribution in [0.2, 0.25) is 0 Å². The van der Waals surface area contributed by atoms with Crippen molar-refractivity contribution in [1.82, 2.24) is 4.90 Å². The van der Waals surface area contributed by atoms with Crippen LogP contribution in [0.1, 0.15) is 4.88 Å². The minimum Gasteiger partial charge on any atom is -0.304 e. The maximum atomic E-state index is 2.17. The molecule has 0 saturated heterocycles. The summed E-state index contributed by atoms with van der Waals surface area (Å²) in [6.45, 7) is 1.07. The second kappa shape index (κ2) is 4.72. The molecule has 1 aromatic heterocycles. The number of nitrogens with zero attached hydrogens (tertiary/aromatic N) is 1. The van der Waals surface area contributed by atoms with E-state index in [2.05, 4.69) is 36.5 Å². The first-order valence-electron chi connectivity index (χ1n) is 2.96. The van der Waals surface area contributed by atoms with E-state index < -0.39 is 0 Å². The van der Waals surface area contributed by atoms with Crippen LogP contribution in [0, 0.1) is 0 Å². The Morgan fingerprint density at radius 1 is 1.50 bits per heavy atom. The molecule has 0 atom stereocenters. The summed E-state index contributed by atoms with van der Waals surface area (Å²) in [7, 11) is 4.17. The largest absolute Gasteiger partial charge is 0.304 e. The molecule has 0 unspecified atom stereocenters. The molecular weight excluding hydrogens is 166 g/mol. The first-order valence-corrected chi connectivity index (χ1v) is 3.84. The molecule has 0 aliphatic carbocycles. The zero-order chi connectivity index (χ0) is 6.69. The van der Waals surface area contributed by atoms with Gasteiger partial charge in [-0.05, 0) is 25.5 Å². The van der Waals surface area contributed by atoms with Gasteiger partial charge in [-0.3, -0.25) is 0 Å². The van der Waals surface area contributed by atoms with E-state index in [1.165, 1.54) is 4.88 Å². The van der Waals surface area contributed by atoms with E-state index in [1.807, 2.05) is 11.3 Å². The Morgan fingerprint density at radius 3 is 2.60 bits per heavy atom. The van der Waals surface area contributed by atoms with Gasteiger partial charge in [-0.1, -0.05) is 6.07 Å². The van der Waals surface area contributed by atoms with Crippen LogP contribution in [0.15, 0.2) is 17.5 Å². The molecule has 1 aromatic rings. The van der Waals surface area contributed by atoms with E-state index in [1.54, 1.807) is 0 Å². The molecule has 58 valence electrons. The van der Waals surface area contributed by atoms with Crippen molar-refractivity contribution in [3.05, 3.63) is 22.4 Å². The van der Waals surface area contributed by atoms with E-state index in [0.29, 0.717) is 0 Å². The third kappa shape index (κ3) is 3.20. The Bertz CT molecular complexity index is 160. The maximum absolute atomic E-state index is 2.17. The van der Waals surface area contributed by atoms with Crippen LogP contribution in [-0.4, -0.2) is 19.0 Å². The van der Waals surface area contributed by atoms with E-state index >= 15 is 0 Å². The topological polar surface area (TPSA) is 3.24 Å². The van der Waals surface area contributed by atoms with Crippen molar-refractivity contribution < 1.29 is 0 Å². The molecule has 0 bridgehead atoms. The summed E-state index contributed by atoms with van der Waals surface area (Å²) in [5, 5.41) is 2.11. The molecular formula is C7H12ClNS. The standard InChI is InChI=1S/C7H11NS.ClH/c1-8(2)6-7-4-3-5-9-7;/h3-5H,6H2,1-2H3;1H. The second-order valence-electron chi connectivity index (χ2n) is 2.32. The van der Waals surface area contributed by atoms with Crippen LogP contribution in [0.3, 0.4) is 0 Å². The van der Waals surface area contributed by atoms with Gasteiger partial charge in [0.05, 0.1) is 0 Å². The number of thiophene rings is 1. The first-order chi connectivity index (χ1) is 4.29. The molecule has 3 heteroatoms. The van der Waals surface area contributed by atoms with Crippen molar-refractivity contribution in [3.63, 3.8) is 0 Å². The summed E-state index contributed by atoms with van der Waals surface area (Å²) in [4.78, 5) is 3.60. The Kier molecular flexibility index (Phi) is 4.69. The molecule has 1 nitrogen and oxygen atoms in total. The number of hydrogen-bond acceptors (Lipinski definition) is 2. The van der Waals surface area contributed by atoms with Crippen LogP contribution in [0.4, 0.5) is 0 Å². The van der Waals surface area contributed by atoms with Crippen molar-refractivity contribution in [3.8, 4) is 0 Å². The summed E-state index contributed by atoms with van der Waals surface area (Å²) < 4.78 is 0. The first kappa shape index (κ1) is 9.95. The van der Waals surface area contributed by atoms with Crippen molar-refractivity contribution in [2.75, 3.05) is 14.1 Å². The van der Waals surface area contributed by atoms with Gasteiger partial charge in [0, 0.05) is 11.4 Å². The minimum atomic E-state index is 0. The SMILES string of the molecule is CN(C)Cc1cccs1.Cl. The number of rotatable bonds is 2. The van der Waals surface area contributed by atoms with Crippen LogP contribution < -0.4 is 0 Å². The zero-order valence-electron chi connectivity index (χ0n) is 6.20. The Hall–Kier alpha value is -0.0500. The third-order valence-corrected chi connectivity index (χ3v) is 1.91. The highest BCUT2D eigenvalue weighted by atomic mass is 35.5. The van der Waals surface area contributed by atoms with Gasteiger partial charge in [-0.25, -0.2) is 0 Å². The molecule has 0 aliphatic heterocycles. The molecule has 0 spiro atoms. The van der Waals surface area contributed by atoms with Gasteiger partial charge >= 0.3 is 0 Å².